The first-order valence-electron chi connectivity index (χ1n) is 6.20. The van der Waals surface area contributed by atoms with E-state index in [9.17, 15) is 14.4 Å². The normalized spacial score (nSPS) is 10.7. The average molecular weight is 274 g/mol. The summed E-state index contributed by atoms with van der Waals surface area (Å²) in [7, 11) is 0. The van der Waals surface area contributed by atoms with Crippen molar-refractivity contribution in [2.75, 3.05) is 13.2 Å². The van der Waals surface area contributed by atoms with Gasteiger partial charge in [-0.05, 0) is 27.2 Å². The number of carbonyl (C=O) groups is 3. The van der Waals surface area contributed by atoms with Gasteiger partial charge in [0.2, 0.25) is 0 Å². The Morgan fingerprint density at radius 3 is 2.37 bits per heavy atom. The minimum Gasteiger partial charge on any atom is -0.481 e. The molecule has 0 unspecified atom stereocenters. The molecule has 0 aliphatic rings. The van der Waals surface area contributed by atoms with Crippen LogP contribution in [-0.2, 0) is 14.3 Å². The second-order valence-electron chi connectivity index (χ2n) is 4.71. The van der Waals surface area contributed by atoms with Gasteiger partial charge >= 0.3 is 18.0 Å². The molecule has 0 atom stereocenters. The number of rotatable bonds is 8. The fraction of sp³-hybridized carbons (Fsp3) is 0.750. The second-order valence-corrected chi connectivity index (χ2v) is 4.71. The van der Waals surface area contributed by atoms with Crippen molar-refractivity contribution >= 4 is 18.0 Å². The number of hydrogen-bond acceptors (Lipinski definition) is 4. The van der Waals surface area contributed by atoms with Crippen molar-refractivity contribution in [2.45, 2.75) is 45.6 Å². The van der Waals surface area contributed by atoms with Crippen molar-refractivity contribution in [3.05, 3.63) is 0 Å². The zero-order chi connectivity index (χ0) is 14.9. The first-order chi connectivity index (χ1) is 8.76. The number of esters is 1. The molecule has 3 N–H and O–H groups in total. The van der Waals surface area contributed by atoms with Gasteiger partial charge in [-0.2, -0.15) is 0 Å². The summed E-state index contributed by atoms with van der Waals surface area (Å²) in [4.78, 5) is 33.0. The maximum absolute atomic E-state index is 11.5. The molecule has 0 saturated carbocycles. The summed E-state index contributed by atoms with van der Waals surface area (Å²) < 4.78 is 4.71. The van der Waals surface area contributed by atoms with Gasteiger partial charge in [-0.1, -0.05) is 0 Å². The maximum Gasteiger partial charge on any atom is 0.315 e. The SMILES string of the molecule is CCOC(=O)CCNC(=O)NC(C)(C)CCC(=O)O. The van der Waals surface area contributed by atoms with E-state index in [0.717, 1.165) is 0 Å². The van der Waals surface area contributed by atoms with Gasteiger partial charge in [-0.3, -0.25) is 9.59 Å². The molecule has 0 radical (unpaired) electrons. The number of hydrogen-bond donors (Lipinski definition) is 3. The smallest absolute Gasteiger partial charge is 0.315 e. The summed E-state index contributed by atoms with van der Waals surface area (Å²) in [6, 6.07) is -0.431. The predicted octanol–water partition coefficient (Wildman–Crippen LogP) is 0.882. The van der Waals surface area contributed by atoms with Gasteiger partial charge in [0.05, 0.1) is 13.0 Å². The molecular weight excluding hydrogens is 252 g/mol. The van der Waals surface area contributed by atoms with Crippen molar-refractivity contribution < 1.29 is 24.2 Å². The standard InChI is InChI=1S/C12H22N2O5/c1-4-19-10(17)6-8-13-11(18)14-12(2,3)7-5-9(15)16/h4-8H2,1-3H3,(H,15,16)(H2,13,14,18). The van der Waals surface area contributed by atoms with E-state index in [-0.39, 0.29) is 25.4 Å². The van der Waals surface area contributed by atoms with E-state index in [1.807, 2.05) is 0 Å². The lowest BCUT2D eigenvalue weighted by Crippen LogP contribution is -2.48. The van der Waals surface area contributed by atoms with E-state index in [2.05, 4.69) is 10.6 Å². The van der Waals surface area contributed by atoms with E-state index in [0.29, 0.717) is 13.0 Å². The van der Waals surface area contributed by atoms with E-state index in [4.69, 9.17) is 9.84 Å². The highest BCUT2D eigenvalue weighted by atomic mass is 16.5. The number of carbonyl (C=O) groups excluding carboxylic acids is 2. The monoisotopic (exact) mass is 274 g/mol. The Morgan fingerprint density at radius 2 is 1.84 bits per heavy atom. The van der Waals surface area contributed by atoms with Gasteiger partial charge in [0.1, 0.15) is 0 Å². The van der Waals surface area contributed by atoms with Crippen molar-refractivity contribution in [3.63, 3.8) is 0 Å². The minimum absolute atomic E-state index is 0.0178. The molecular formula is C12H22N2O5. The number of nitrogens with one attached hydrogen (secondary N) is 2. The molecule has 0 spiro atoms. The van der Waals surface area contributed by atoms with Crippen molar-refractivity contribution in [2.24, 2.45) is 0 Å². The third-order valence-corrected chi connectivity index (χ3v) is 2.34. The Bertz CT molecular complexity index is 328. The van der Waals surface area contributed by atoms with Gasteiger partial charge < -0.3 is 20.5 Å². The van der Waals surface area contributed by atoms with Gasteiger partial charge in [0.25, 0.3) is 0 Å². The van der Waals surface area contributed by atoms with Crippen LogP contribution in [-0.4, -0.2) is 41.8 Å². The first-order valence-corrected chi connectivity index (χ1v) is 6.20. The molecule has 19 heavy (non-hydrogen) atoms. The van der Waals surface area contributed by atoms with Crippen molar-refractivity contribution in [1.82, 2.24) is 10.6 Å². The van der Waals surface area contributed by atoms with E-state index >= 15 is 0 Å². The molecule has 0 saturated heterocycles. The predicted molar refractivity (Wildman–Crippen MR) is 68.7 cm³/mol. The van der Waals surface area contributed by atoms with Gasteiger partial charge in [0.15, 0.2) is 0 Å². The molecule has 2 amide bonds. The van der Waals surface area contributed by atoms with Crippen LogP contribution in [0.1, 0.15) is 40.0 Å². The molecule has 7 nitrogen and oxygen atoms in total. The van der Waals surface area contributed by atoms with E-state index < -0.39 is 17.5 Å². The van der Waals surface area contributed by atoms with Gasteiger partial charge in [-0.15, -0.1) is 0 Å². The molecule has 0 aromatic heterocycles. The van der Waals surface area contributed by atoms with E-state index in [1.54, 1.807) is 20.8 Å². The Labute approximate surface area is 112 Å². The zero-order valence-corrected chi connectivity index (χ0v) is 11.6. The zero-order valence-electron chi connectivity index (χ0n) is 11.6. The molecule has 0 aliphatic heterocycles. The van der Waals surface area contributed by atoms with Crippen LogP contribution >= 0.6 is 0 Å². The Balaban J connectivity index is 3.89. The fourth-order valence-corrected chi connectivity index (χ4v) is 1.34. The number of carboxylic acids is 1. The Hall–Kier alpha value is -1.79. The molecule has 7 heteroatoms. The third kappa shape index (κ3) is 9.87. The average Bonchev–Trinajstić information content (AvgIpc) is 2.26. The summed E-state index contributed by atoms with van der Waals surface area (Å²) in [5.74, 6) is -1.27. The minimum atomic E-state index is -0.905. The molecule has 0 aromatic rings. The molecule has 0 rings (SSSR count). The van der Waals surface area contributed by atoms with Crippen LogP contribution < -0.4 is 10.6 Å². The number of urea groups is 1. The largest absolute Gasteiger partial charge is 0.481 e. The second kappa shape index (κ2) is 8.34. The van der Waals surface area contributed by atoms with Crippen LogP contribution in [0.15, 0.2) is 0 Å². The number of aliphatic carboxylic acids is 1. The Kier molecular flexibility index (Phi) is 7.55. The van der Waals surface area contributed by atoms with Crippen molar-refractivity contribution in [3.8, 4) is 0 Å². The van der Waals surface area contributed by atoms with Gasteiger partial charge in [0, 0.05) is 18.5 Å². The van der Waals surface area contributed by atoms with Crippen LogP contribution in [0.4, 0.5) is 4.79 Å². The fourth-order valence-electron chi connectivity index (χ4n) is 1.34. The molecule has 110 valence electrons. The summed E-state index contributed by atoms with van der Waals surface area (Å²) in [6.45, 7) is 5.68. The van der Waals surface area contributed by atoms with Gasteiger partial charge in [-0.25, -0.2) is 4.79 Å². The summed E-state index contributed by atoms with van der Waals surface area (Å²) in [5.41, 5.74) is -0.619. The first kappa shape index (κ1) is 17.2. The highest BCUT2D eigenvalue weighted by Gasteiger charge is 2.21. The summed E-state index contributed by atoms with van der Waals surface area (Å²) in [5, 5.41) is 13.8. The Morgan fingerprint density at radius 1 is 1.21 bits per heavy atom. The molecule has 0 aromatic carbocycles. The number of amides is 2. The van der Waals surface area contributed by atoms with Crippen LogP contribution in [0.3, 0.4) is 0 Å². The third-order valence-electron chi connectivity index (χ3n) is 2.34. The topological polar surface area (TPSA) is 105 Å². The highest BCUT2D eigenvalue weighted by molar-refractivity contribution is 5.76. The van der Waals surface area contributed by atoms with E-state index in [1.165, 1.54) is 0 Å². The van der Waals surface area contributed by atoms with Crippen LogP contribution in [0, 0.1) is 0 Å². The molecule has 0 aliphatic carbocycles. The highest BCUT2D eigenvalue weighted by Crippen LogP contribution is 2.10. The van der Waals surface area contributed by atoms with Crippen LogP contribution in [0.25, 0.3) is 0 Å². The lowest BCUT2D eigenvalue weighted by atomic mass is 9.99. The van der Waals surface area contributed by atoms with Crippen molar-refractivity contribution in [1.29, 1.82) is 0 Å². The lowest BCUT2D eigenvalue weighted by molar-refractivity contribution is -0.143. The quantitative estimate of drug-likeness (QED) is 0.570. The number of carboxylic acid groups (broad SMARTS) is 1. The van der Waals surface area contributed by atoms with Crippen LogP contribution in [0.5, 0.6) is 0 Å². The molecule has 0 bridgehead atoms. The van der Waals surface area contributed by atoms with Crippen LogP contribution in [0.2, 0.25) is 0 Å². The molecule has 0 fully saturated rings. The molecule has 0 heterocycles. The maximum atomic E-state index is 11.5. The summed E-state index contributed by atoms with van der Waals surface area (Å²) in [6.07, 6.45) is 0.417. The summed E-state index contributed by atoms with van der Waals surface area (Å²) >= 11 is 0. The number of ether oxygens (including phenoxy) is 1. The lowest BCUT2D eigenvalue weighted by Gasteiger charge is -2.25.